The number of nitriles is 1. The summed E-state index contributed by atoms with van der Waals surface area (Å²) in [6, 6.07) is 9.83. The highest BCUT2D eigenvalue weighted by molar-refractivity contribution is 5.81. The third-order valence-corrected chi connectivity index (χ3v) is 2.91. The van der Waals surface area contributed by atoms with Crippen LogP contribution in [0.2, 0.25) is 0 Å². The second-order valence-electron chi connectivity index (χ2n) is 4.03. The molecule has 0 spiro atoms. The van der Waals surface area contributed by atoms with Gasteiger partial charge in [0.1, 0.15) is 17.9 Å². The highest BCUT2D eigenvalue weighted by Gasteiger charge is 2.10. The smallest absolute Gasteiger partial charge is 0.269 e. The minimum Gasteiger partial charge on any atom is -0.299 e. The molecule has 0 saturated heterocycles. The molecule has 2 aromatic heterocycles. The molecule has 0 N–H and O–H groups in total. The quantitative estimate of drug-likeness (QED) is 0.522. The van der Waals surface area contributed by atoms with Crippen molar-refractivity contribution in [2.24, 2.45) is 0 Å². The Bertz CT molecular complexity index is 845. The summed E-state index contributed by atoms with van der Waals surface area (Å²) in [5.41, 5.74) is 2.24. The van der Waals surface area contributed by atoms with Crippen molar-refractivity contribution in [2.75, 3.05) is 0 Å². The van der Waals surface area contributed by atoms with Crippen molar-refractivity contribution < 1.29 is 4.92 Å². The summed E-state index contributed by atoms with van der Waals surface area (Å²) in [5, 5.41) is 19.6. The van der Waals surface area contributed by atoms with Crippen LogP contribution in [0.4, 0.5) is 5.69 Å². The van der Waals surface area contributed by atoms with Crippen LogP contribution in [0.5, 0.6) is 0 Å². The van der Waals surface area contributed by atoms with Gasteiger partial charge in [-0.2, -0.15) is 5.26 Å². The van der Waals surface area contributed by atoms with Gasteiger partial charge < -0.3 is 0 Å². The molecule has 96 valence electrons. The van der Waals surface area contributed by atoms with Crippen molar-refractivity contribution in [3.05, 3.63) is 58.7 Å². The number of nitro groups is 1. The van der Waals surface area contributed by atoms with Gasteiger partial charge in [-0.3, -0.25) is 14.7 Å². The van der Waals surface area contributed by atoms with Gasteiger partial charge in [0.05, 0.1) is 10.4 Å². The fourth-order valence-corrected chi connectivity index (χ4v) is 1.97. The van der Waals surface area contributed by atoms with E-state index < -0.39 is 4.92 Å². The molecule has 0 aliphatic heterocycles. The molecular formula is C13H7N5O2. The van der Waals surface area contributed by atoms with Gasteiger partial charge in [-0.25, -0.2) is 9.97 Å². The van der Waals surface area contributed by atoms with E-state index in [2.05, 4.69) is 9.97 Å². The normalized spacial score (nSPS) is 10.3. The third-order valence-electron chi connectivity index (χ3n) is 2.91. The van der Waals surface area contributed by atoms with E-state index in [1.807, 2.05) is 6.07 Å². The molecule has 0 fully saturated rings. The summed E-state index contributed by atoms with van der Waals surface area (Å²) in [4.78, 5) is 18.3. The second kappa shape index (κ2) is 4.44. The molecule has 2 heterocycles. The average molecular weight is 265 g/mol. The zero-order valence-electron chi connectivity index (χ0n) is 10.1. The number of aromatic nitrogens is 3. The Kier molecular flexibility index (Phi) is 2.62. The number of nitrogens with zero attached hydrogens (tertiary/aromatic N) is 5. The molecule has 20 heavy (non-hydrogen) atoms. The lowest BCUT2D eigenvalue weighted by atomic mass is 10.2. The molecule has 0 bridgehead atoms. The number of rotatable bonds is 2. The largest absolute Gasteiger partial charge is 0.299 e. The van der Waals surface area contributed by atoms with Crippen LogP contribution in [0, 0.1) is 21.4 Å². The number of hydrogen-bond donors (Lipinski definition) is 0. The fourth-order valence-electron chi connectivity index (χ4n) is 1.97. The minimum atomic E-state index is -0.451. The summed E-state index contributed by atoms with van der Waals surface area (Å²) < 4.78 is 1.75. The van der Waals surface area contributed by atoms with Gasteiger partial charge in [0.2, 0.25) is 0 Å². The maximum atomic E-state index is 10.6. The third kappa shape index (κ3) is 1.76. The van der Waals surface area contributed by atoms with E-state index >= 15 is 0 Å². The van der Waals surface area contributed by atoms with Gasteiger partial charge in [-0.1, -0.05) is 0 Å². The molecule has 3 rings (SSSR count). The fraction of sp³-hybridized carbons (Fsp3) is 0. The highest BCUT2D eigenvalue weighted by atomic mass is 16.6. The lowest BCUT2D eigenvalue weighted by Crippen LogP contribution is -1.94. The Morgan fingerprint density at radius 3 is 2.60 bits per heavy atom. The molecule has 0 aliphatic rings. The molecule has 0 saturated carbocycles. The van der Waals surface area contributed by atoms with Crippen LogP contribution in [0.25, 0.3) is 16.7 Å². The molecule has 1 aromatic carbocycles. The lowest BCUT2D eigenvalue weighted by molar-refractivity contribution is -0.384. The molecule has 0 aliphatic carbocycles. The van der Waals surface area contributed by atoms with E-state index in [1.54, 1.807) is 29.1 Å². The monoisotopic (exact) mass is 265 g/mol. The van der Waals surface area contributed by atoms with Crippen LogP contribution >= 0.6 is 0 Å². The predicted molar refractivity (Wildman–Crippen MR) is 70.2 cm³/mol. The molecule has 0 unspecified atom stereocenters. The van der Waals surface area contributed by atoms with E-state index in [4.69, 9.17) is 5.26 Å². The molecular weight excluding hydrogens is 258 g/mol. The summed E-state index contributed by atoms with van der Waals surface area (Å²) in [7, 11) is 0. The second-order valence-corrected chi connectivity index (χ2v) is 4.03. The van der Waals surface area contributed by atoms with Crippen LogP contribution < -0.4 is 0 Å². The summed E-state index contributed by atoms with van der Waals surface area (Å²) in [5.74, 6) is 0. The molecule has 0 amide bonds. The number of benzene rings is 1. The zero-order chi connectivity index (χ0) is 14.1. The molecule has 7 nitrogen and oxygen atoms in total. The number of fused-ring (bicyclic) bond motifs is 1. The standard InChI is InChI=1S/C13H7N5O2/c14-7-11-13-12(5-6-15-11)17(8-16-13)9-1-3-10(4-2-9)18(19)20/h1-6,8H. The molecule has 7 heteroatoms. The first-order valence-corrected chi connectivity index (χ1v) is 5.67. The van der Waals surface area contributed by atoms with E-state index in [9.17, 15) is 10.1 Å². The minimum absolute atomic E-state index is 0.0255. The van der Waals surface area contributed by atoms with Crippen molar-refractivity contribution in [1.82, 2.24) is 14.5 Å². The summed E-state index contributed by atoms with van der Waals surface area (Å²) >= 11 is 0. The van der Waals surface area contributed by atoms with Crippen LogP contribution in [0.15, 0.2) is 42.9 Å². The van der Waals surface area contributed by atoms with Crippen LogP contribution in [-0.2, 0) is 0 Å². The maximum absolute atomic E-state index is 10.6. The molecule has 3 aromatic rings. The Morgan fingerprint density at radius 1 is 1.20 bits per heavy atom. The van der Waals surface area contributed by atoms with E-state index in [0.29, 0.717) is 5.52 Å². The first-order chi connectivity index (χ1) is 9.70. The predicted octanol–water partition coefficient (Wildman–Crippen LogP) is 2.20. The van der Waals surface area contributed by atoms with Crippen LogP contribution in [0.3, 0.4) is 0 Å². The Balaban J connectivity index is 2.15. The number of nitro benzene ring substituents is 1. The first kappa shape index (κ1) is 11.8. The zero-order valence-corrected chi connectivity index (χ0v) is 10.1. The van der Waals surface area contributed by atoms with E-state index in [0.717, 1.165) is 11.2 Å². The van der Waals surface area contributed by atoms with Gasteiger partial charge in [0, 0.05) is 24.0 Å². The Labute approximate surface area is 112 Å². The van der Waals surface area contributed by atoms with E-state index in [1.165, 1.54) is 18.3 Å². The SMILES string of the molecule is N#Cc1nccc2c1ncn2-c1ccc([N+](=O)[O-])cc1. The van der Waals surface area contributed by atoms with Crippen molar-refractivity contribution in [3.8, 4) is 11.8 Å². The van der Waals surface area contributed by atoms with Gasteiger partial charge in [-0.05, 0) is 18.2 Å². The number of hydrogen-bond acceptors (Lipinski definition) is 5. The number of pyridine rings is 1. The first-order valence-electron chi connectivity index (χ1n) is 5.67. The van der Waals surface area contributed by atoms with Gasteiger partial charge in [0.15, 0.2) is 5.69 Å². The van der Waals surface area contributed by atoms with Gasteiger partial charge in [0.25, 0.3) is 5.69 Å². The topological polar surface area (TPSA) is 97.6 Å². The van der Waals surface area contributed by atoms with Crippen molar-refractivity contribution in [1.29, 1.82) is 5.26 Å². The Hall–Kier alpha value is -3.27. The van der Waals surface area contributed by atoms with Crippen LogP contribution in [0.1, 0.15) is 5.69 Å². The highest BCUT2D eigenvalue weighted by Crippen LogP contribution is 2.21. The Morgan fingerprint density at radius 2 is 1.95 bits per heavy atom. The van der Waals surface area contributed by atoms with Crippen LogP contribution in [-0.4, -0.2) is 19.5 Å². The van der Waals surface area contributed by atoms with Crippen molar-refractivity contribution >= 4 is 16.7 Å². The molecule has 0 radical (unpaired) electrons. The van der Waals surface area contributed by atoms with E-state index in [-0.39, 0.29) is 11.4 Å². The number of imidazole rings is 1. The number of non-ortho nitro benzene ring substituents is 1. The maximum Gasteiger partial charge on any atom is 0.269 e. The van der Waals surface area contributed by atoms with Crippen molar-refractivity contribution in [3.63, 3.8) is 0 Å². The average Bonchev–Trinajstić information content (AvgIpc) is 2.91. The van der Waals surface area contributed by atoms with Gasteiger partial charge >= 0.3 is 0 Å². The lowest BCUT2D eigenvalue weighted by Gasteiger charge is -2.03. The van der Waals surface area contributed by atoms with Crippen molar-refractivity contribution in [2.45, 2.75) is 0 Å². The molecule has 0 atom stereocenters. The summed E-state index contributed by atoms with van der Waals surface area (Å²) in [6.07, 6.45) is 3.10. The van der Waals surface area contributed by atoms with Gasteiger partial charge in [-0.15, -0.1) is 0 Å². The summed E-state index contributed by atoms with van der Waals surface area (Å²) in [6.45, 7) is 0.